The number of nitrogens with two attached hydrogens (primary N) is 1. The predicted octanol–water partition coefficient (Wildman–Crippen LogP) is 3.61. The lowest BCUT2D eigenvalue weighted by Gasteiger charge is -2.11. The van der Waals surface area contributed by atoms with Gasteiger partial charge in [-0.05, 0) is 29.8 Å². The van der Waals surface area contributed by atoms with E-state index >= 15 is 0 Å². The molecule has 4 heteroatoms. The lowest BCUT2D eigenvalue weighted by molar-refractivity contribution is 0.395. The molecule has 2 rings (SSSR count). The van der Waals surface area contributed by atoms with E-state index < -0.39 is 0 Å². The average molecular weight is 264 g/mol. The molecule has 0 unspecified atom stereocenters. The van der Waals surface area contributed by atoms with E-state index in [2.05, 4.69) is 0 Å². The van der Waals surface area contributed by atoms with Crippen LogP contribution in [0.25, 0.3) is 11.1 Å². The Kier molecular flexibility index (Phi) is 3.63. The van der Waals surface area contributed by atoms with Crippen LogP contribution in [0.1, 0.15) is 0 Å². The van der Waals surface area contributed by atoms with Crippen molar-refractivity contribution in [2.24, 2.45) is 0 Å². The molecule has 0 bridgehead atoms. The zero-order valence-corrected chi connectivity index (χ0v) is 11.0. The van der Waals surface area contributed by atoms with E-state index in [4.69, 9.17) is 26.8 Å². The van der Waals surface area contributed by atoms with Gasteiger partial charge in [-0.15, -0.1) is 0 Å². The van der Waals surface area contributed by atoms with Gasteiger partial charge >= 0.3 is 0 Å². The maximum atomic E-state index is 5.91. The Labute approximate surface area is 111 Å². The Bertz CT molecular complexity index is 570. The van der Waals surface area contributed by atoms with Crippen LogP contribution in [0.4, 0.5) is 5.69 Å². The van der Waals surface area contributed by atoms with Gasteiger partial charge in [-0.3, -0.25) is 0 Å². The largest absolute Gasteiger partial charge is 0.497 e. The molecule has 0 radical (unpaired) electrons. The zero-order valence-electron chi connectivity index (χ0n) is 10.2. The first kappa shape index (κ1) is 12.6. The van der Waals surface area contributed by atoms with Crippen LogP contribution in [0.15, 0.2) is 36.4 Å². The molecule has 0 aliphatic rings. The zero-order chi connectivity index (χ0) is 13.1. The van der Waals surface area contributed by atoms with Gasteiger partial charge in [0.2, 0.25) is 0 Å². The second kappa shape index (κ2) is 5.19. The number of nitrogen functional groups attached to an aromatic ring is 1. The van der Waals surface area contributed by atoms with Crippen molar-refractivity contribution < 1.29 is 9.47 Å². The van der Waals surface area contributed by atoms with Gasteiger partial charge in [-0.2, -0.15) is 0 Å². The average Bonchev–Trinajstić information content (AvgIpc) is 2.41. The fourth-order valence-electron chi connectivity index (χ4n) is 1.75. The highest BCUT2D eigenvalue weighted by Crippen LogP contribution is 2.35. The second-order valence-corrected chi connectivity index (χ2v) is 4.21. The summed E-state index contributed by atoms with van der Waals surface area (Å²) in [6.45, 7) is 0. The molecule has 0 saturated heterocycles. The number of halogens is 1. The van der Waals surface area contributed by atoms with Crippen LogP contribution in [-0.2, 0) is 0 Å². The van der Waals surface area contributed by atoms with Crippen molar-refractivity contribution in [2.75, 3.05) is 20.0 Å². The summed E-state index contributed by atoms with van der Waals surface area (Å²) in [4.78, 5) is 0. The molecule has 18 heavy (non-hydrogen) atoms. The number of anilines is 1. The Balaban J connectivity index is 2.52. The molecule has 0 amide bonds. The normalized spacial score (nSPS) is 10.2. The molecule has 0 atom stereocenters. The fraction of sp³-hybridized carbons (Fsp3) is 0.143. The summed E-state index contributed by atoms with van der Waals surface area (Å²) in [7, 11) is 3.24. The molecule has 2 aromatic carbocycles. The molecule has 0 aliphatic heterocycles. The standard InChI is InChI=1S/C14H14ClNO2/c1-17-10-4-5-11(14(8-10)18-2)9-3-6-12(15)13(16)7-9/h3-8H,16H2,1-2H3. The van der Waals surface area contributed by atoms with Crippen LogP contribution < -0.4 is 15.2 Å². The first-order chi connectivity index (χ1) is 8.65. The van der Waals surface area contributed by atoms with Crippen molar-refractivity contribution in [3.05, 3.63) is 41.4 Å². The molecule has 0 aromatic heterocycles. The van der Waals surface area contributed by atoms with E-state index in [-0.39, 0.29) is 0 Å². The highest BCUT2D eigenvalue weighted by molar-refractivity contribution is 6.33. The number of methoxy groups -OCH3 is 2. The summed E-state index contributed by atoms with van der Waals surface area (Å²) in [5, 5.41) is 0.547. The second-order valence-electron chi connectivity index (χ2n) is 3.80. The van der Waals surface area contributed by atoms with Crippen molar-refractivity contribution >= 4 is 17.3 Å². The topological polar surface area (TPSA) is 44.5 Å². The smallest absolute Gasteiger partial charge is 0.130 e. The molecule has 3 nitrogen and oxygen atoms in total. The summed E-state index contributed by atoms with van der Waals surface area (Å²) >= 11 is 5.91. The van der Waals surface area contributed by atoms with Crippen molar-refractivity contribution in [1.82, 2.24) is 0 Å². The third-order valence-corrected chi connectivity index (χ3v) is 3.06. The number of hydrogen-bond acceptors (Lipinski definition) is 3. The Morgan fingerprint density at radius 2 is 1.78 bits per heavy atom. The predicted molar refractivity (Wildman–Crippen MR) is 74.4 cm³/mol. The SMILES string of the molecule is COc1ccc(-c2ccc(Cl)c(N)c2)c(OC)c1. The van der Waals surface area contributed by atoms with Gasteiger partial charge in [-0.25, -0.2) is 0 Å². The molecule has 94 valence electrons. The minimum Gasteiger partial charge on any atom is -0.497 e. The summed E-state index contributed by atoms with van der Waals surface area (Å²) < 4.78 is 10.5. The number of benzene rings is 2. The van der Waals surface area contributed by atoms with Crippen LogP contribution in [0.5, 0.6) is 11.5 Å². The van der Waals surface area contributed by atoms with Crippen LogP contribution in [0, 0.1) is 0 Å². The van der Waals surface area contributed by atoms with Gasteiger partial charge < -0.3 is 15.2 Å². The monoisotopic (exact) mass is 263 g/mol. The van der Waals surface area contributed by atoms with E-state index in [1.165, 1.54) is 0 Å². The third kappa shape index (κ3) is 2.36. The molecule has 2 aromatic rings. The summed E-state index contributed by atoms with van der Waals surface area (Å²) in [6.07, 6.45) is 0. The Morgan fingerprint density at radius 3 is 2.39 bits per heavy atom. The molecular weight excluding hydrogens is 250 g/mol. The summed E-state index contributed by atoms with van der Waals surface area (Å²) in [6, 6.07) is 11.1. The lowest BCUT2D eigenvalue weighted by Crippen LogP contribution is -1.92. The van der Waals surface area contributed by atoms with Gasteiger partial charge in [0.15, 0.2) is 0 Å². The maximum Gasteiger partial charge on any atom is 0.130 e. The van der Waals surface area contributed by atoms with Crippen molar-refractivity contribution in [1.29, 1.82) is 0 Å². The summed E-state index contributed by atoms with van der Waals surface area (Å²) in [5.74, 6) is 1.48. The molecule has 0 heterocycles. The first-order valence-electron chi connectivity index (χ1n) is 5.43. The maximum absolute atomic E-state index is 5.91. The number of hydrogen-bond donors (Lipinski definition) is 1. The minimum atomic E-state index is 0.547. The number of rotatable bonds is 3. The van der Waals surface area contributed by atoms with E-state index in [0.29, 0.717) is 10.7 Å². The van der Waals surface area contributed by atoms with Crippen LogP contribution in [0.3, 0.4) is 0 Å². The molecule has 0 spiro atoms. The Hall–Kier alpha value is -1.87. The van der Waals surface area contributed by atoms with Gasteiger partial charge in [0.1, 0.15) is 11.5 Å². The highest BCUT2D eigenvalue weighted by Gasteiger charge is 2.08. The fourth-order valence-corrected chi connectivity index (χ4v) is 1.87. The molecule has 0 aliphatic carbocycles. The lowest BCUT2D eigenvalue weighted by atomic mass is 10.0. The third-order valence-electron chi connectivity index (χ3n) is 2.72. The molecule has 0 fully saturated rings. The molecule has 0 saturated carbocycles. The Morgan fingerprint density at radius 1 is 1.00 bits per heavy atom. The van der Waals surface area contributed by atoms with E-state index in [9.17, 15) is 0 Å². The van der Waals surface area contributed by atoms with Gasteiger partial charge in [-0.1, -0.05) is 17.7 Å². The van der Waals surface area contributed by atoms with Gasteiger partial charge in [0.05, 0.1) is 24.9 Å². The van der Waals surface area contributed by atoms with Crippen molar-refractivity contribution in [2.45, 2.75) is 0 Å². The van der Waals surface area contributed by atoms with Crippen LogP contribution in [0.2, 0.25) is 5.02 Å². The van der Waals surface area contributed by atoms with Crippen molar-refractivity contribution in [3.8, 4) is 22.6 Å². The van der Waals surface area contributed by atoms with Gasteiger partial charge in [0.25, 0.3) is 0 Å². The van der Waals surface area contributed by atoms with Crippen LogP contribution >= 0.6 is 11.6 Å². The van der Waals surface area contributed by atoms with Crippen molar-refractivity contribution in [3.63, 3.8) is 0 Å². The molecule has 2 N–H and O–H groups in total. The highest BCUT2D eigenvalue weighted by atomic mass is 35.5. The van der Waals surface area contributed by atoms with Crippen LogP contribution in [-0.4, -0.2) is 14.2 Å². The van der Waals surface area contributed by atoms with Gasteiger partial charge in [0, 0.05) is 11.6 Å². The quantitative estimate of drug-likeness (QED) is 0.861. The number of ether oxygens (including phenoxy) is 2. The first-order valence-corrected chi connectivity index (χ1v) is 5.81. The van der Waals surface area contributed by atoms with E-state index in [1.54, 1.807) is 20.3 Å². The molecular formula is C14H14ClNO2. The minimum absolute atomic E-state index is 0.547. The van der Waals surface area contributed by atoms with E-state index in [1.807, 2.05) is 30.3 Å². The van der Waals surface area contributed by atoms with E-state index in [0.717, 1.165) is 22.6 Å². The summed E-state index contributed by atoms with van der Waals surface area (Å²) in [5.41, 5.74) is 8.26.